The summed E-state index contributed by atoms with van der Waals surface area (Å²) in [6.45, 7) is 2.94. The molecule has 0 spiro atoms. The van der Waals surface area contributed by atoms with Crippen molar-refractivity contribution in [3.8, 4) is 11.5 Å². The molecule has 1 N–H and O–H groups in total. The fourth-order valence-corrected chi connectivity index (χ4v) is 2.48. The average Bonchev–Trinajstić information content (AvgIpc) is 3.32. The molecule has 1 saturated carbocycles. The van der Waals surface area contributed by atoms with Crippen molar-refractivity contribution in [3.05, 3.63) is 58.6 Å². The third-order valence-electron chi connectivity index (χ3n) is 3.72. The van der Waals surface area contributed by atoms with Crippen molar-refractivity contribution in [1.29, 1.82) is 0 Å². The van der Waals surface area contributed by atoms with Crippen molar-refractivity contribution in [2.45, 2.75) is 38.8 Å². The Morgan fingerprint density at radius 2 is 2.05 bits per heavy atom. The van der Waals surface area contributed by atoms with E-state index in [1.54, 1.807) is 0 Å². The maximum Gasteiger partial charge on any atom is 0.132 e. The van der Waals surface area contributed by atoms with E-state index in [9.17, 15) is 0 Å². The fraction of sp³-hybridized carbons (Fsp3) is 0.333. The highest BCUT2D eigenvalue weighted by Gasteiger charge is 2.20. The van der Waals surface area contributed by atoms with Gasteiger partial charge in [-0.25, -0.2) is 0 Å². The minimum atomic E-state index is 0.667. The summed E-state index contributed by atoms with van der Waals surface area (Å²) < 4.78 is 6.06. The molecule has 3 rings (SSSR count). The predicted octanol–water partition coefficient (Wildman–Crippen LogP) is 4.95. The molecule has 3 heteroatoms. The van der Waals surface area contributed by atoms with Crippen molar-refractivity contribution in [1.82, 2.24) is 5.32 Å². The lowest BCUT2D eigenvalue weighted by molar-refractivity contribution is 0.472. The third kappa shape index (κ3) is 3.99. The Morgan fingerprint density at radius 1 is 1.19 bits per heavy atom. The van der Waals surface area contributed by atoms with Crippen LogP contribution >= 0.6 is 11.6 Å². The van der Waals surface area contributed by atoms with E-state index in [1.807, 2.05) is 30.3 Å². The molecule has 2 nitrogen and oxygen atoms in total. The highest BCUT2D eigenvalue weighted by atomic mass is 35.5. The van der Waals surface area contributed by atoms with Gasteiger partial charge in [-0.3, -0.25) is 0 Å². The van der Waals surface area contributed by atoms with Crippen LogP contribution in [0.3, 0.4) is 0 Å². The van der Waals surface area contributed by atoms with Gasteiger partial charge in [0.2, 0.25) is 0 Å². The van der Waals surface area contributed by atoms with Crippen molar-refractivity contribution >= 4 is 11.6 Å². The third-order valence-corrected chi connectivity index (χ3v) is 3.95. The summed E-state index contributed by atoms with van der Waals surface area (Å²) >= 11 is 6.12. The van der Waals surface area contributed by atoms with Gasteiger partial charge in [0, 0.05) is 23.2 Å². The number of aryl methyl sites for hydroxylation is 1. The molecule has 0 heterocycles. The average molecular weight is 302 g/mol. The van der Waals surface area contributed by atoms with Crippen LogP contribution in [0.2, 0.25) is 5.02 Å². The molecule has 0 bridgehead atoms. The first kappa shape index (κ1) is 14.4. The molecule has 1 aliphatic rings. The molecule has 1 fully saturated rings. The van der Waals surface area contributed by atoms with Crippen LogP contribution in [-0.2, 0) is 13.0 Å². The van der Waals surface area contributed by atoms with Gasteiger partial charge in [-0.15, -0.1) is 0 Å². The van der Waals surface area contributed by atoms with E-state index in [-0.39, 0.29) is 0 Å². The lowest BCUT2D eigenvalue weighted by Gasteiger charge is -2.13. The van der Waals surface area contributed by atoms with Gasteiger partial charge in [0.05, 0.1) is 0 Å². The van der Waals surface area contributed by atoms with Crippen molar-refractivity contribution < 1.29 is 4.74 Å². The maximum absolute atomic E-state index is 6.12. The number of hydrogen-bond acceptors (Lipinski definition) is 2. The predicted molar refractivity (Wildman–Crippen MR) is 87.2 cm³/mol. The normalized spacial score (nSPS) is 14.2. The number of halogens is 1. The van der Waals surface area contributed by atoms with Gasteiger partial charge in [-0.05, 0) is 55.2 Å². The Labute approximate surface area is 131 Å². The molecule has 2 aromatic rings. The molecule has 0 saturated heterocycles. The quantitative estimate of drug-likeness (QED) is 0.815. The Balaban J connectivity index is 1.79. The largest absolute Gasteiger partial charge is 0.457 e. The molecular weight excluding hydrogens is 282 g/mol. The zero-order valence-corrected chi connectivity index (χ0v) is 13.0. The zero-order valence-electron chi connectivity index (χ0n) is 12.2. The fourth-order valence-electron chi connectivity index (χ4n) is 2.28. The van der Waals surface area contributed by atoms with Crippen LogP contribution in [0.4, 0.5) is 0 Å². The van der Waals surface area contributed by atoms with Gasteiger partial charge in [-0.1, -0.05) is 30.7 Å². The molecular formula is C18H20ClNO. The van der Waals surface area contributed by atoms with Gasteiger partial charge in [0.1, 0.15) is 11.5 Å². The number of rotatable bonds is 6. The lowest BCUT2D eigenvalue weighted by atomic mass is 10.1. The van der Waals surface area contributed by atoms with Crippen LogP contribution < -0.4 is 10.1 Å². The van der Waals surface area contributed by atoms with E-state index in [0.29, 0.717) is 6.04 Å². The topological polar surface area (TPSA) is 21.3 Å². The smallest absolute Gasteiger partial charge is 0.132 e. The molecule has 110 valence electrons. The maximum atomic E-state index is 6.12. The van der Waals surface area contributed by atoms with Crippen molar-refractivity contribution in [3.63, 3.8) is 0 Å². The van der Waals surface area contributed by atoms with Crippen LogP contribution in [0.5, 0.6) is 11.5 Å². The summed E-state index contributed by atoms with van der Waals surface area (Å²) in [6.07, 6.45) is 3.55. The summed E-state index contributed by atoms with van der Waals surface area (Å²) in [5, 5.41) is 4.26. The number of benzene rings is 2. The highest BCUT2D eigenvalue weighted by Crippen LogP contribution is 2.29. The lowest BCUT2D eigenvalue weighted by Crippen LogP contribution is -2.15. The second kappa shape index (κ2) is 6.50. The molecule has 1 aliphatic carbocycles. The summed E-state index contributed by atoms with van der Waals surface area (Å²) in [5.74, 6) is 1.75. The van der Waals surface area contributed by atoms with Crippen LogP contribution in [0.25, 0.3) is 0 Å². The van der Waals surface area contributed by atoms with Crippen LogP contribution in [0.15, 0.2) is 42.5 Å². The Bertz CT molecular complexity index is 622. The minimum Gasteiger partial charge on any atom is -0.457 e. The highest BCUT2D eigenvalue weighted by molar-refractivity contribution is 6.30. The van der Waals surface area contributed by atoms with Gasteiger partial charge in [0.15, 0.2) is 0 Å². The van der Waals surface area contributed by atoms with Crippen molar-refractivity contribution in [2.75, 3.05) is 0 Å². The van der Waals surface area contributed by atoms with Crippen LogP contribution in [0.1, 0.15) is 30.9 Å². The SMILES string of the molecule is CCc1cccc(Oc2ccc(Cl)cc2CNC2CC2)c1. The molecule has 0 atom stereocenters. The first-order valence-corrected chi connectivity index (χ1v) is 7.91. The number of hydrogen-bond donors (Lipinski definition) is 1. The van der Waals surface area contributed by atoms with Crippen molar-refractivity contribution in [2.24, 2.45) is 0 Å². The number of ether oxygens (including phenoxy) is 1. The Hall–Kier alpha value is -1.51. The second-order valence-electron chi connectivity index (χ2n) is 5.51. The monoisotopic (exact) mass is 301 g/mol. The molecule has 0 aliphatic heterocycles. The van der Waals surface area contributed by atoms with Crippen LogP contribution in [-0.4, -0.2) is 6.04 Å². The van der Waals surface area contributed by atoms with Gasteiger partial charge < -0.3 is 10.1 Å². The number of nitrogens with one attached hydrogen (secondary N) is 1. The first-order chi connectivity index (χ1) is 10.2. The van der Waals surface area contributed by atoms with Gasteiger partial charge >= 0.3 is 0 Å². The van der Waals surface area contributed by atoms with Crippen LogP contribution in [0, 0.1) is 0 Å². The standard InChI is InChI=1S/C18H20ClNO/c1-2-13-4-3-5-17(10-13)21-18-9-6-15(19)11-14(18)12-20-16-7-8-16/h3-6,9-11,16,20H,2,7-8,12H2,1H3. The molecule has 2 aromatic carbocycles. The zero-order chi connectivity index (χ0) is 14.7. The second-order valence-corrected chi connectivity index (χ2v) is 5.95. The molecule has 0 amide bonds. The van der Waals surface area contributed by atoms with Gasteiger partial charge in [-0.2, -0.15) is 0 Å². The summed E-state index contributed by atoms with van der Waals surface area (Å²) in [6, 6.07) is 14.7. The summed E-state index contributed by atoms with van der Waals surface area (Å²) in [5.41, 5.74) is 2.38. The minimum absolute atomic E-state index is 0.667. The first-order valence-electron chi connectivity index (χ1n) is 7.53. The van der Waals surface area contributed by atoms with E-state index in [2.05, 4.69) is 24.4 Å². The molecule has 21 heavy (non-hydrogen) atoms. The van der Waals surface area contributed by atoms with E-state index >= 15 is 0 Å². The van der Waals surface area contributed by atoms with Gasteiger partial charge in [0.25, 0.3) is 0 Å². The summed E-state index contributed by atoms with van der Waals surface area (Å²) in [7, 11) is 0. The van der Waals surface area contributed by atoms with E-state index in [4.69, 9.17) is 16.3 Å². The van der Waals surface area contributed by atoms with E-state index in [1.165, 1.54) is 18.4 Å². The molecule has 0 unspecified atom stereocenters. The van der Waals surface area contributed by atoms with E-state index < -0.39 is 0 Å². The Morgan fingerprint density at radius 3 is 2.81 bits per heavy atom. The molecule has 0 aromatic heterocycles. The molecule has 0 radical (unpaired) electrons. The van der Waals surface area contributed by atoms with E-state index in [0.717, 1.165) is 35.1 Å². The Kier molecular flexibility index (Phi) is 4.47. The summed E-state index contributed by atoms with van der Waals surface area (Å²) in [4.78, 5) is 0.